The summed E-state index contributed by atoms with van der Waals surface area (Å²) in [4.78, 5) is 21.2. The first-order valence-electron chi connectivity index (χ1n) is 9.60. The summed E-state index contributed by atoms with van der Waals surface area (Å²) in [7, 11) is 1.64. The third kappa shape index (κ3) is 5.78. The molecule has 0 atom stereocenters. The Morgan fingerprint density at radius 1 is 1.03 bits per heavy atom. The first kappa shape index (κ1) is 20.3. The number of rotatable bonds is 8. The van der Waals surface area contributed by atoms with Crippen LogP contribution in [0.5, 0.6) is 5.75 Å². The van der Waals surface area contributed by atoms with E-state index in [9.17, 15) is 4.79 Å². The normalized spacial score (nSPS) is 10.4. The highest BCUT2D eigenvalue weighted by molar-refractivity contribution is 5.92. The van der Waals surface area contributed by atoms with Crippen LogP contribution in [0.4, 0.5) is 5.82 Å². The van der Waals surface area contributed by atoms with Crippen LogP contribution >= 0.6 is 0 Å². The molecule has 0 aliphatic carbocycles. The molecule has 29 heavy (non-hydrogen) atoms. The maximum Gasteiger partial charge on any atom is 0.270 e. The largest absolute Gasteiger partial charge is 0.497 e. The molecule has 3 rings (SSSR count). The number of hydrogen-bond acceptors (Lipinski definition) is 5. The van der Waals surface area contributed by atoms with Crippen LogP contribution in [0.25, 0.3) is 0 Å². The minimum atomic E-state index is -0.206. The lowest BCUT2D eigenvalue weighted by Crippen LogP contribution is -2.27. The second-order valence-electron chi connectivity index (χ2n) is 6.82. The summed E-state index contributed by atoms with van der Waals surface area (Å²) in [5, 5.41) is 6.21. The van der Waals surface area contributed by atoms with Crippen LogP contribution in [-0.2, 0) is 13.0 Å². The van der Waals surface area contributed by atoms with Gasteiger partial charge in [0.15, 0.2) is 0 Å². The zero-order valence-electron chi connectivity index (χ0n) is 17.0. The van der Waals surface area contributed by atoms with Gasteiger partial charge in [0, 0.05) is 19.2 Å². The molecular formula is C23H26N4O2. The Kier molecular flexibility index (Phi) is 6.79. The van der Waals surface area contributed by atoms with Crippen molar-refractivity contribution < 1.29 is 9.53 Å². The minimum absolute atomic E-state index is 0.206. The summed E-state index contributed by atoms with van der Waals surface area (Å²) in [6.07, 6.45) is 0.734. The molecule has 6 nitrogen and oxygen atoms in total. The van der Waals surface area contributed by atoms with Crippen molar-refractivity contribution in [1.29, 1.82) is 0 Å². The number of carbonyl (C=O) groups excluding carboxylic acids is 1. The lowest BCUT2D eigenvalue weighted by molar-refractivity contribution is 0.0949. The van der Waals surface area contributed by atoms with Gasteiger partial charge in [-0.15, -0.1) is 0 Å². The molecule has 1 heterocycles. The fraction of sp³-hybridized carbons (Fsp3) is 0.261. The molecule has 0 saturated heterocycles. The first-order valence-corrected chi connectivity index (χ1v) is 9.60. The number of carbonyl (C=O) groups is 1. The molecule has 0 saturated carbocycles. The zero-order valence-corrected chi connectivity index (χ0v) is 17.0. The number of methoxy groups -OCH3 is 1. The molecular weight excluding hydrogens is 364 g/mol. The number of amides is 1. The second-order valence-corrected chi connectivity index (χ2v) is 6.82. The monoisotopic (exact) mass is 390 g/mol. The van der Waals surface area contributed by atoms with Crippen LogP contribution in [0.3, 0.4) is 0 Å². The number of aryl methyl sites for hydroxylation is 2. The molecule has 2 N–H and O–H groups in total. The summed E-state index contributed by atoms with van der Waals surface area (Å²) < 4.78 is 5.16. The van der Waals surface area contributed by atoms with Crippen molar-refractivity contribution in [3.05, 3.63) is 82.8 Å². The van der Waals surface area contributed by atoms with Crippen LogP contribution in [0, 0.1) is 13.8 Å². The highest BCUT2D eigenvalue weighted by Crippen LogP contribution is 2.13. The molecule has 6 heteroatoms. The third-order valence-corrected chi connectivity index (χ3v) is 4.65. The van der Waals surface area contributed by atoms with E-state index in [0.717, 1.165) is 17.7 Å². The summed E-state index contributed by atoms with van der Waals surface area (Å²) in [6.45, 7) is 5.03. The van der Waals surface area contributed by atoms with Gasteiger partial charge in [-0.25, -0.2) is 9.97 Å². The van der Waals surface area contributed by atoms with Gasteiger partial charge in [0.1, 0.15) is 23.1 Å². The lowest BCUT2D eigenvalue weighted by Gasteiger charge is -2.11. The van der Waals surface area contributed by atoms with Crippen LogP contribution in [0.15, 0.2) is 54.6 Å². The quantitative estimate of drug-likeness (QED) is 0.614. The molecule has 150 valence electrons. The Morgan fingerprint density at radius 2 is 1.79 bits per heavy atom. The third-order valence-electron chi connectivity index (χ3n) is 4.65. The van der Waals surface area contributed by atoms with Gasteiger partial charge >= 0.3 is 0 Å². The van der Waals surface area contributed by atoms with Crippen molar-refractivity contribution in [2.75, 3.05) is 19.0 Å². The van der Waals surface area contributed by atoms with E-state index in [0.29, 0.717) is 30.4 Å². The average Bonchev–Trinajstić information content (AvgIpc) is 2.73. The molecule has 0 spiro atoms. The van der Waals surface area contributed by atoms with E-state index in [1.807, 2.05) is 36.4 Å². The van der Waals surface area contributed by atoms with Crippen LogP contribution in [0.2, 0.25) is 0 Å². The van der Waals surface area contributed by atoms with Gasteiger partial charge in [-0.3, -0.25) is 4.79 Å². The van der Waals surface area contributed by atoms with Crippen molar-refractivity contribution in [3.8, 4) is 5.75 Å². The van der Waals surface area contributed by atoms with Gasteiger partial charge in [-0.2, -0.15) is 0 Å². The van der Waals surface area contributed by atoms with Gasteiger partial charge in [-0.05, 0) is 49.1 Å². The lowest BCUT2D eigenvalue weighted by atomic mass is 10.1. The molecule has 0 bridgehead atoms. The Labute approximate surface area is 171 Å². The Morgan fingerprint density at radius 3 is 2.52 bits per heavy atom. The molecule has 0 unspecified atom stereocenters. The summed E-state index contributed by atoms with van der Waals surface area (Å²) in [6, 6.07) is 17.7. The van der Waals surface area contributed by atoms with E-state index in [2.05, 4.69) is 39.7 Å². The maximum absolute atomic E-state index is 12.5. The van der Waals surface area contributed by atoms with Gasteiger partial charge in [0.2, 0.25) is 0 Å². The van der Waals surface area contributed by atoms with Gasteiger partial charge < -0.3 is 15.4 Å². The molecule has 0 aliphatic heterocycles. The minimum Gasteiger partial charge on any atom is -0.497 e. The first-order chi connectivity index (χ1) is 14.0. The molecule has 1 amide bonds. The van der Waals surface area contributed by atoms with Crippen molar-refractivity contribution in [2.24, 2.45) is 0 Å². The number of benzene rings is 2. The zero-order chi connectivity index (χ0) is 20.6. The highest BCUT2D eigenvalue weighted by Gasteiger charge is 2.10. The predicted octanol–water partition coefficient (Wildman–Crippen LogP) is 3.69. The Hall–Kier alpha value is -3.41. The van der Waals surface area contributed by atoms with E-state index >= 15 is 0 Å². The maximum atomic E-state index is 12.5. The van der Waals surface area contributed by atoms with Gasteiger partial charge in [-0.1, -0.05) is 36.4 Å². The fourth-order valence-corrected chi connectivity index (χ4v) is 2.97. The number of nitrogens with zero attached hydrogens (tertiary/aromatic N) is 2. The van der Waals surface area contributed by atoms with E-state index in [4.69, 9.17) is 4.74 Å². The second kappa shape index (κ2) is 9.68. The number of ether oxygens (including phenoxy) is 1. The fourth-order valence-electron chi connectivity index (χ4n) is 2.97. The molecule has 3 aromatic rings. The number of hydrogen-bond donors (Lipinski definition) is 2. The average molecular weight is 390 g/mol. The van der Waals surface area contributed by atoms with Crippen molar-refractivity contribution in [2.45, 2.75) is 26.8 Å². The van der Waals surface area contributed by atoms with E-state index in [1.54, 1.807) is 20.1 Å². The van der Waals surface area contributed by atoms with E-state index in [-0.39, 0.29) is 5.91 Å². The highest BCUT2D eigenvalue weighted by atomic mass is 16.5. The predicted molar refractivity (Wildman–Crippen MR) is 114 cm³/mol. The SMILES string of the molecule is COc1ccc(CCNC(=O)c2cc(NCc3ccccc3C)nc(C)n2)cc1. The summed E-state index contributed by atoms with van der Waals surface area (Å²) in [5.41, 5.74) is 3.89. The number of aromatic nitrogens is 2. The smallest absolute Gasteiger partial charge is 0.270 e. The Bertz CT molecular complexity index is 971. The molecule has 0 aliphatic rings. The van der Waals surface area contributed by atoms with E-state index in [1.165, 1.54) is 11.1 Å². The van der Waals surface area contributed by atoms with Gasteiger partial charge in [0.25, 0.3) is 5.91 Å². The van der Waals surface area contributed by atoms with Crippen molar-refractivity contribution >= 4 is 11.7 Å². The topological polar surface area (TPSA) is 76.1 Å². The standard InChI is InChI=1S/C23H26N4O2/c1-16-6-4-5-7-19(16)15-25-22-14-21(26-17(2)27-22)23(28)24-13-12-18-8-10-20(29-3)11-9-18/h4-11,14H,12-13,15H2,1-3H3,(H,24,28)(H,25,26,27). The molecule has 0 fully saturated rings. The Balaban J connectivity index is 1.57. The van der Waals surface area contributed by atoms with Gasteiger partial charge in [0.05, 0.1) is 7.11 Å². The van der Waals surface area contributed by atoms with Crippen LogP contribution < -0.4 is 15.4 Å². The summed E-state index contributed by atoms with van der Waals surface area (Å²) >= 11 is 0. The van der Waals surface area contributed by atoms with Crippen molar-refractivity contribution in [3.63, 3.8) is 0 Å². The van der Waals surface area contributed by atoms with Crippen LogP contribution in [0.1, 0.15) is 33.0 Å². The molecule has 1 aromatic heterocycles. The number of anilines is 1. The summed E-state index contributed by atoms with van der Waals surface area (Å²) in [5.74, 6) is 1.81. The van der Waals surface area contributed by atoms with Crippen molar-refractivity contribution in [1.82, 2.24) is 15.3 Å². The molecule has 0 radical (unpaired) electrons. The molecule has 2 aromatic carbocycles. The van der Waals surface area contributed by atoms with Crippen LogP contribution in [-0.4, -0.2) is 29.5 Å². The number of nitrogens with one attached hydrogen (secondary N) is 2. The van der Waals surface area contributed by atoms with E-state index < -0.39 is 0 Å².